The van der Waals surface area contributed by atoms with E-state index in [1.54, 1.807) is 54.6 Å². The van der Waals surface area contributed by atoms with Crippen molar-refractivity contribution in [1.29, 1.82) is 0 Å². The minimum Gasteiger partial charge on any atom is -0.431 e. The molecule has 0 radical (unpaired) electrons. The van der Waals surface area contributed by atoms with Gasteiger partial charge < -0.3 is 9.47 Å². The van der Waals surface area contributed by atoms with Crippen LogP contribution in [-0.4, -0.2) is 24.7 Å². The van der Waals surface area contributed by atoms with Crippen LogP contribution < -0.4 is 10.1 Å². The van der Waals surface area contributed by atoms with E-state index in [0.717, 1.165) is 6.42 Å². The molecule has 0 aliphatic heterocycles. The monoisotopic (exact) mass is 313 g/mol. The maximum Gasteiger partial charge on any atom is 0.368 e. The predicted octanol–water partition coefficient (Wildman–Crippen LogP) is 2.77. The molecule has 5 heteroatoms. The van der Waals surface area contributed by atoms with Crippen molar-refractivity contribution < 1.29 is 19.1 Å². The first-order valence-electron chi connectivity index (χ1n) is 7.47. The second-order valence-electron chi connectivity index (χ2n) is 4.84. The molecule has 0 saturated heterocycles. The first kappa shape index (κ1) is 16.7. The largest absolute Gasteiger partial charge is 0.431 e. The number of nitrogens with one attached hydrogen (secondary N) is 1. The molecule has 0 aliphatic carbocycles. The molecule has 1 atom stereocenters. The highest BCUT2D eigenvalue weighted by atomic mass is 16.6. The molecule has 0 spiro atoms. The van der Waals surface area contributed by atoms with Gasteiger partial charge in [0.15, 0.2) is 0 Å². The van der Waals surface area contributed by atoms with Crippen LogP contribution in [0.4, 0.5) is 0 Å². The summed E-state index contributed by atoms with van der Waals surface area (Å²) in [4.78, 5) is 24.3. The van der Waals surface area contributed by atoms with E-state index in [2.05, 4.69) is 5.32 Å². The van der Waals surface area contributed by atoms with Gasteiger partial charge in [-0.3, -0.25) is 5.32 Å². The van der Waals surface area contributed by atoms with E-state index >= 15 is 0 Å². The normalized spacial score (nSPS) is 11.5. The number of carbonyl (C=O) groups excluding carboxylic acids is 2. The second-order valence-corrected chi connectivity index (χ2v) is 4.84. The van der Waals surface area contributed by atoms with Gasteiger partial charge in [0, 0.05) is 0 Å². The fourth-order valence-electron chi connectivity index (χ4n) is 1.86. The lowest BCUT2D eigenvalue weighted by Gasteiger charge is -2.17. The van der Waals surface area contributed by atoms with Gasteiger partial charge in [-0.1, -0.05) is 43.3 Å². The van der Waals surface area contributed by atoms with Gasteiger partial charge in [-0.2, -0.15) is 0 Å². The quantitative estimate of drug-likeness (QED) is 0.484. The molecule has 2 rings (SSSR count). The van der Waals surface area contributed by atoms with Gasteiger partial charge in [0.1, 0.15) is 5.75 Å². The van der Waals surface area contributed by atoms with Crippen LogP contribution in [-0.2, 0) is 9.53 Å². The summed E-state index contributed by atoms with van der Waals surface area (Å²) in [6.45, 7) is 2.47. The van der Waals surface area contributed by atoms with Crippen LogP contribution >= 0.6 is 0 Å². The molecule has 0 bridgehead atoms. The Hall–Kier alpha value is -2.66. The number of hydrogen-bond donors (Lipinski definition) is 1. The summed E-state index contributed by atoms with van der Waals surface area (Å²) in [5.41, 5.74) is 0.378. The summed E-state index contributed by atoms with van der Waals surface area (Å²) >= 11 is 0. The summed E-state index contributed by atoms with van der Waals surface area (Å²) in [7, 11) is 0. The Bertz CT molecular complexity index is 628. The summed E-state index contributed by atoms with van der Waals surface area (Å²) in [6, 6.07) is 17.2. The van der Waals surface area contributed by atoms with Crippen LogP contribution in [0.1, 0.15) is 23.7 Å². The van der Waals surface area contributed by atoms with E-state index in [0.29, 0.717) is 17.9 Å². The molecule has 0 fully saturated rings. The van der Waals surface area contributed by atoms with E-state index in [4.69, 9.17) is 9.47 Å². The van der Waals surface area contributed by atoms with Crippen LogP contribution in [0.5, 0.6) is 5.75 Å². The van der Waals surface area contributed by atoms with E-state index in [-0.39, 0.29) is 0 Å². The highest BCUT2D eigenvalue weighted by Crippen LogP contribution is 2.11. The molecule has 23 heavy (non-hydrogen) atoms. The minimum absolute atomic E-state index is 0.378. The van der Waals surface area contributed by atoms with Crippen molar-refractivity contribution in [2.75, 3.05) is 6.54 Å². The molecule has 1 unspecified atom stereocenters. The number of carbonyl (C=O) groups is 2. The van der Waals surface area contributed by atoms with Crippen LogP contribution in [0.2, 0.25) is 0 Å². The molecular weight excluding hydrogens is 294 g/mol. The maximum atomic E-state index is 12.2. The van der Waals surface area contributed by atoms with Crippen LogP contribution in [0.15, 0.2) is 60.7 Å². The third-order valence-corrected chi connectivity index (χ3v) is 2.99. The van der Waals surface area contributed by atoms with Gasteiger partial charge >= 0.3 is 11.9 Å². The topological polar surface area (TPSA) is 64.6 Å². The van der Waals surface area contributed by atoms with Gasteiger partial charge in [0.2, 0.25) is 0 Å². The minimum atomic E-state index is -1.15. The molecule has 2 aromatic carbocycles. The summed E-state index contributed by atoms with van der Waals surface area (Å²) in [6.07, 6.45) is -0.360. The lowest BCUT2D eigenvalue weighted by atomic mass is 10.2. The third kappa shape index (κ3) is 5.23. The lowest BCUT2D eigenvalue weighted by molar-refractivity contribution is -0.146. The zero-order valence-electron chi connectivity index (χ0n) is 12.9. The lowest BCUT2D eigenvalue weighted by Crippen LogP contribution is -2.43. The summed E-state index contributed by atoms with van der Waals surface area (Å²) in [5.74, 6) is -0.838. The van der Waals surface area contributed by atoms with E-state index in [1.165, 1.54) is 0 Å². The standard InChI is InChI=1S/C18H19NO4/c1-2-13-19-16(18(21)22-15-11-7-4-8-12-15)23-17(20)14-9-5-3-6-10-14/h3-12,16,19H,2,13H2,1H3. The van der Waals surface area contributed by atoms with Gasteiger partial charge in [0.05, 0.1) is 5.56 Å². The Kier molecular flexibility index (Phi) is 6.32. The number of rotatable bonds is 7. The number of para-hydroxylation sites is 1. The van der Waals surface area contributed by atoms with E-state index in [9.17, 15) is 9.59 Å². The maximum absolute atomic E-state index is 12.2. The Balaban J connectivity index is 2.04. The Labute approximate surface area is 135 Å². The van der Waals surface area contributed by atoms with Crippen LogP contribution in [0, 0.1) is 0 Å². The van der Waals surface area contributed by atoms with Crippen molar-refractivity contribution in [1.82, 2.24) is 5.32 Å². The van der Waals surface area contributed by atoms with Gasteiger partial charge in [-0.15, -0.1) is 0 Å². The van der Waals surface area contributed by atoms with Crippen molar-refractivity contribution in [2.45, 2.75) is 19.6 Å². The molecule has 2 aromatic rings. The number of hydrogen-bond acceptors (Lipinski definition) is 5. The SMILES string of the molecule is CCCNC(OC(=O)c1ccccc1)C(=O)Oc1ccccc1. The first-order valence-corrected chi connectivity index (χ1v) is 7.47. The van der Waals surface area contributed by atoms with Gasteiger partial charge in [0.25, 0.3) is 6.23 Å². The number of esters is 2. The van der Waals surface area contributed by atoms with Crippen molar-refractivity contribution >= 4 is 11.9 Å². The molecule has 0 saturated carbocycles. The number of ether oxygens (including phenoxy) is 2. The highest BCUT2D eigenvalue weighted by molar-refractivity contribution is 5.91. The molecule has 0 amide bonds. The molecule has 0 heterocycles. The fraction of sp³-hybridized carbons (Fsp3) is 0.222. The average Bonchev–Trinajstić information content (AvgIpc) is 2.60. The smallest absolute Gasteiger partial charge is 0.368 e. The van der Waals surface area contributed by atoms with Crippen molar-refractivity contribution in [3.63, 3.8) is 0 Å². The average molecular weight is 313 g/mol. The van der Waals surface area contributed by atoms with Crippen LogP contribution in [0.25, 0.3) is 0 Å². The molecule has 1 N–H and O–H groups in total. The summed E-state index contributed by atoms with van der Waals surface area (Å²) < 4.78 is 10.5. The van der Waals surface area contributed by atoms with Gasteiger partial charge in [-0.05, 0) is 37.2 Å². The molecule has 0 aromatic heterocycles. The Morgan fingerprint density at radius 1 is 1.00 bits per heavy atom. The fourth-order valence-corrected chi connectivity index (χ4v) is 1.86. The summed E-state index contributed by atoms with van der Waals surface area (Å²) in [5, 5.41) is 2.87. The molecular formula is C18H19NO4. The van der Waals surface area contributed by atoms with Gasteiger partial charge in [-0.25, -0.2) is 9.59 Å². The number of benzene rings is 2. The van der Waals surface area contributed by atoms with E-state index < -0.39 is 18.2 Å². The van der Waals surface area contributed by atoms with Crippen LogP contribution in [0.3, 0.4) is 0 Å². The predicted molar refractivity (Wildman–Crippen MR) is 86.0 cm³/mol. The molecule has 120 valence electrons. The molecule has 0 aliphatic rings. The van der Waals surface area contributed by atoms with Crippen molar-refractivity contribution in [3.8, 4) is 5.75 Å². The third-order valence-electron chi connectivity index (χ3n) is 2.99. The van der Waals surface area contributed by atoms with Crippen molar-refractivity contribution in [2.24, 2.45) is 0 Å². The second kappa shape index (κ2) is 8.70. The zero-order chi connectivity index (χ0) is 16.5. The van der Waals surface area contributed by atoms with E-state index in [1.807, 2.05) is 13.0 Å². The highest BCUT2D eigenvalue weighted by Gasteiger charge is 2.25. The van der Waals surface area contributed by atoms with Crippen molar-refractivity contribution in [3.05, 3.63) is 66.2 Å². The molecule has 5 nitrogen and oxygen atoms in total. The zero-order valence-corrected chi connectivity index (χ0v) is 12.9. The Morgan fingerprint density at radius 2 is 1.61 bits per heavy atom. The first-order chi connectivity index (χ1) is 11.2. The Morgan fingerprint density at radius 3 is 2.22 bits per heavy atom.